The lowest BCUT2D eigenvalue weighted by Gasteiger charge is -2.26. The maximum absolute atomic E-state index is 12.5. The third-order valence-electron chi connectivity index (χ3n) is 8.28. The minimum absolute atomic E-state index is 0.180. The summed E-state index contributed by atoms with van der Waals surface area (Å²) in [6.45, 7) is 2.58. The summed E-state index contributed by atoms with van der Waals surface area (Å²) in [5.41, 5.74) is 2.84. The first kappa shape index (κ1) is 32.3. The Kier molecular flexibility index (Phi) is 9.01. The predicted octanol–water partition coefficient (Wildman–Crippen LogP) is 5.52. The number of ether oxygens (including phenoxy) is 1. The number of aryl methyl sites for hydroxylation is 1. The molecule has 1 unspecified atom stereocenters. The fourth-order valence-corrected chi connectivity index (χ4v) is 6.73. The molecule has 1 saturated carbocycles. The van der Waals surface area contributed by atoms with Gasteiger partial charge in [-0.05, 0) is 62.1 Å². The van der Waals surface area contributed by atoms with Crippen LogP contribution in [-0.2, 0) is 22.3 Å². The Morgan fingerprint density at radius 2 is 1.98 bits per heavy atom. The van der Waals surface area contributed by atoms with Crippen LogP contribution < -0.4 is 15.0 Å². The second kappa shape index (κ2) is 12.8. The standard InChI is InChI=1S/C32H32Cl2N4O7S/c1-19-3-2-4-25(33)28(19)29-23(30(45-37-29)20-5-6-20)17-44-22-7-8-24(26(34)16-22)32(40)10-13-38(18-32)27-15-21(9-11-35-27)31(39)36-12-14-46(41,42)43/h2-4,7-9,11,15-16,20,40H,5-6,10,12-14,17-18H2,1H3,(H,36,39)(H,41,42,43). The van der Waals surface area contributed by atoms with Crippen molar-refractivity contribution in [1.82, 2.24) is 15.5 Å². The van der Waals surface area contributed by atoms with Gasteiger partial charge in [0, 0.05) is 41.9 Å². The van der Waals surface area contributed by atoms with Crippen LogP contribution in [0, 0.1) is 6.92 Å². The maximum Gasteiger partial charge on any atom is 0.266 e. The number of hydrogen-bond donors (Lipinski definition) is 3. The first-order valence-corrected chi connectivity index (χ1v) is 17.1. The summed E-state index contributed by atoms with van der Waals surface area (Å²) in [5, 5.41) is 19.4. The Hall–Kier alpha value is -3.68. The number of hydrogen-bond acceptors (Lipinski definition) is 9. The highest BCUT2D eigenvalue weighted by Gasteiger charge is 2.40. The van der Waals surface area contributed by atoms with E-state index in [0.717, 1.165) is 35.3 Å². The smallest absolute Gasteiger partial charge is 0.266 e. The molecule has 11 nitrogen and oxygen atoms in total. The topological polar surface area (TPSA) is 155 Å². The van der Waals surface area contributed by atoms with E-state index in [4.69, 9.17) is 37.0 Å². The molecule has 2 aromatic heterocycles. The van der Waals surface area contributed by atoms with Gasteiger partial charge in [0.05, 0.1) is 27.9 Å². The van der Waals surface area contributed by atoms with Crippen molar-refractivity contribution in [1.29, 1.82) is 0 Å². The fourth-order valence-electron chi connectivity index (χ4n) is 5.71. The van der Waals surface area contributed by atoms with E-state index in [1.807, 2.05) is 30.0 Å². The van der Waals surface area contributed by atoms with Crippen molar-refractivity contribution in [2.45, 2.75) is 44.3 Å². The van der Waals surface area contributed by atoms with Crippen LogP contribution >= 0.6 is 23.2 Å². The number of rotatable bonds is 11. The predicted molar refractivity (Wildman–Crippen MR) is 173 cm³/mol. The normalized spacial score (nSPS) is 18.2. The molecule has 0 spiro atoms. The Bertz CT molecular complexity index is 1880. The fraction of sp³-hybridized carbons (Fsp3) is 0.344. The lowest BCUT2D eigenvalue weighted by atomic mass is 9.93. The zero-order chi connectivity index (χ0) is 32.6. The van der Waals surface area contributed by atoms with Crippen molar-refractivity contribution in [2.75, 3.05) is 30.3 Å². The molecular formula is C32H32Cl2N4O7S. The van der Waals surface area contributed by atoms with Crippen LogP contribution in [0.2, 0.25) is 10.0 Å². The van der Waals surface area contributed by atoms with Crippen LogP contribution in [-0.4, -0.2) is 59.5 Å². The number of pyridine rings is 1. The molecule has 1 aliphatic heterocycles. The van der Waals surface area contributed by atoms with Crippen LogP contribution in [0.4, 0.5) is 5.82 Å². The van der Waals surface area contributed by atoms with Crippen molar-refractivity contribution < 1.29 is 32.1 Å². The molecule has 2 fully saturated rings. The Labute approximate surface area is 276 Å². The lowest BCUT2D eigenvalue weighted by molar-refractivity contribution is 0.0607. The molecule has 6 rings (SSSR count). The second-order valence-electron chi connectivity index (χ2n) is 11.7. The molecule has 2 aromatic carbocycles. The number of nitrogens with zero attached hydrogens (tertiary/aromatic N) is 3. The number of anilines is 1. The van der Waals surface area contributed by atoms with Gasteiger partial charge in [-0.3, -0.25) is 9.35 Å². The van der Waals surface area contributed by atoms with E-state index in [0.29, 0.717) is 51.8 Å². The number of carbonyl (C=O) groups is 1. The molecule has 2 aliphatic rings. The van der Waals surface area contributed by atoms with Gasteiger partial charge in [-0.15, -0.1) is 0 Å². The van der Waals surface area contributed by atoms with Crippen molar-refractivity contribution in [3.05, 3.63) is 92.8 Å². The highest BCUT2D eigenvalue weighted by molar-refractivity contribution is 7.85. The van der Waals surface area contributed by atoms with E-state index in [9.17, 15) is 18.3 Å². The van der Waals surface area contributed by atoms with Crippen LogP contribution in [0.15, 0.2) is 59.3 Å². The molecule has 0 radical (unpaired) electrons. The van der Waals surface area contributed by atoms with E-state index >= 15 is 0 Å². The van der Waals surface area contributed by atoms with Gasteiger partial charge in [-0.25, -0.2) is 4.98 Å². The zero-order valence-corrected chi connectivity index (χ0v) is 27.2. The SMILES string of the molecule is Cc1cccc(Cl)c1-c1noc(C2CC2)c1COc1ccc(C2(O)CCN(c3cc(C(=O)NCCS(=O)(=O)O)ccn3)C2)c(Cl)c1. The average molecular weight is 688 g/mol. The third-order valence-corrected chi connectivity index (χ3v) is 9.62. The van der Waals surface area contributed by atoms with Gasteiger partial charge in [-0.2, -0.15) is 8.42 Å². The highest BCUT2D eigenvalue weighted by Crippen LogP contribution is 2.46. The van der Waals surface area contributed by atoms with Gasteiger partial charge in [0.1, 0.15) is 35.2 Å². The molecule has 46 heavy (non-hydrogen) atoms. The van der Waals surface area contributed by atoms with Crippen molar-refractivity contribution >= 4 is 45.0 Å². The average Bonchev–Trinajstić information content (AvgIpc) is 3.65. The summed E-state index contributed by atoms with van der Waals surface area (Å²) in [6, 6.07) is 14.0. The molecule has 0 bridgehead atoms. The number of aliphatic hydroxyl groups is 1. The van der Waals surface area contributed by atoms with Crippen LogP contribution in [0.5, 0.6) is 5.75 Å². The highest BCUT2D eigenvalue weighted by atomic mass is 35.5. The maximum atomic E-state index is 12.5. The van der Waals surface area contributed by atoms with Crippen molar-refractivity contribution in [3.8, 4) is 17.0 Å². The molecule has 1 amide bonds. The van der Waals surface area contributed by atoms with Gasteiger partial charge in [0.25, 0.3) is 16.0 Å². The summed E-state index contributed by atoms with van der Waals surface area (Å²) >= 11 is 13.3. The van der Waals surface area contributed by atoms with E-state index in [-0.39, 0.29) is 25.3 Å². The molecule has 1 atom stereocenters. The van der Waals surface area contributed by atoms with E-state index < -0.39 is 27.4 Å². The van der Waals surface area contributed by atoms with Gasteiger partial charge in [0.2, 0.25) is 0 Å². The number of β-amino-alcohol motifs (C(OH)–C–C–N with tert-alkyl or cyclic N) is 1. The number of amides is 1. The molecule has 242 valence electrons. The van der Waals surface area contributed by atoms with Crippen LogP contribution in [0.3, 0.4) is 0 Å². The minimum Gasteiger partial charge on any atom is -0.489 e. The molecule has 4 aromatic rings. The Morgan fingerprint density at radius 1 is 1.17 bits per heavy atom. The van der Waals surface area contributed by atoms with E-state index in [1.54, 1.807) is 24.3 Å². The third kappa shape index (κ3) is 7.01. The summed E-state index contributed by atoms with van der Waals surface area (Å²) in [4.78, 5) is 18.7. The van der Waals surface area contributed by atoms with Crippen LogP contribution in [0.1, 0.15) is 58.0 Å². The Balaban J connectivity index is 1.15. The molecular weight excluding hydrogens is 655 g/mol. The first-order valence-electron chi connectivity index (χ1n) is 14.8. The number of aromatic nitrogens is 2. The molecule has 1 saturated heterocycles. The second-order valence-corrected chi connectivity index (χ2v) is 14.0. The monoisotopic (exact) mass is 686 g/mol. The van der Waals surface area contributed by atoms with Crippen LogP contribution in [0.25, 0.3) is 11.3 Å². The van der Waals surface area contributed by atoms with Crippen molar-refractivity contribution in [2.24, 2.45) is 0 Å². The van der Waals surface area contributed by atoms with Gasteiger partial charge in [-0.1, -0.05) is 46.6 Å². The summed E-state index contributed by atoms with van der Waals surface area (Å²) in [7, 11) is -4.19. The number of carbonyl (C=O) groups excluding carboxylic acids is 1. The summed E-state index contributed by atoms with van der Waals surface area (Å²) < 4.78 is 42.7. The molecule has 3 N–H and O–H groups in total. The Morgan fingerprint density at radius 3 is 2.70 bits per heavy atom. The first-order chi connectivity index (χ1) is 21.9. The summed E-state index contributed by atoms with van der Waals surface area (Å²) in [5.74, 6) is 1.01. The largest absolute Gasteiger partial charge is 0.489 e. The molecule has 14 heteroatoms. The summed E-state index contributed by atoms with van der Waals surface area (Å²) in [6.07, 6.45) is 3.89. The number of halogens is 2. The van der Waals surface area contributed by atoms with Gasteiger partial charge < -0.3 is 24.6 Å². The van der Waals surface area contributed by atoms with Gasteiger partial charge in [0.15, 0.2) is 0 Å². The van der Waals surface area contributed by atoms with Gasteiger partial charge >= 0.3 is 0 Å². The van der Waals surface area contributed by atoms with E-state index in [1.165, 1.54) is 12.3 Å². The molecule has 1 aliphatic carbocycles. The van der Waals surface area contributed by atoms with E-state index in [2.05, 4.69) is 15.5 Å². The number of nitrogens with one attached hydrogen (secondary N) is 1. The number of benzene rings is 2. The quantitative estimate of drug-likeness (QED) is 0.172. The lowest BCUT2D eigenvalue weighted by Crippen LogP contribution is -2.32. The van der Waals surface area contributed by atoms with Crippen molar-refractivity contribution in [3.63, 3.8) is 0 Å². The minimum atomic E-state index is -4.19. The molecule has 3 heterocycles. The zero-order valence-electron chi connectivity index (χ0n) is 24.9.